The van der Waals surface area contributed by atoms with Crippen molar-refractivity contribution in [1.82, 2.24) is 0 Å². The van der Waals surface area contributed by atoms with Crippen molar-refractivity contribution in [2.24, 2.45) is 11.8 Å². The molecule has 4 aromatic carbocycles. The standard InChI is InChI=1S/C39H52O3Si2/c1-32(30-41-43(38(2,3)4,34-20-12-8-13-21-34)35-22-14-9-15-23-35)28-33(29-40)31-42-44(39(5,6)7,36-24-16-10-17-25-36)37-26-18-11-19-27-37/h8-27,32-33,40H,28-31H2,1-7H3/t32-,33+/m1/s1. The van der Waals surface area contributed by atoms with Crippen molar-refractivity contribution in [3.05, 3.63) is 121 Å². The van der Waals surface area contributed by atoms with E-state index >= 15 is 0 Å². The van der Waals surface area contributed by atoms with Gasteiger partial charge in [0.1, 0.15) is 0 Å². The third-order valence-corrected chi connectivity index (χ3v) is 19.0. The lowest BCUT2D eigenvalue weighted by molar-refractivity contribution is 0.124. The predicted octanol–water partition coefficient (Wildman–Crippen LogP) is 6.77. The fraction of sp³-hybridized carbons (Fsp3) is 0.385. The molecule has 0 saturated carbocycles. The molecule has 0 radical (unpaired) electrons. The minimum Gasteiger partial charge on any atom is -0.407 e. The maximum absolute atomic E-state index is 10.6. The average molecular weight is 625 g/mol. The lowest BCUT2D eigenvalue weighted by atomic mass is 9.98. The van der Waals surface area contributed by atoms with Crippen molar-refractivity contribution in [2.75, 3.05) is 19.8 Å². The smallest absolute Gasteiger partial charge is 0.261 e. The quantitative estimate of drug-likeness (QED) is 0.167. The summed E-state index contributed by atoms with van der Waals surface area (Å²) in [7, 11) is -5.30. The van der Waals surface area contributed by atoms with Gasteiger partial charge in [0.05, 0.1) is 0 Å². The Kier molecular flexibility index (Phi) is 11.3. The molecule has 0 aliphatic heterocycles. The van der Waals surface area contributed by atoms with Crippen LogP contribution in [-0.2, 0) is 8.85 Å². The average Bonchev–Trinajstić information content (AvgIpc) is 3.02. The highest BCUT2D eigenvalue weighted by atomic mass is 28.4. The van der Waals surface area contributed by atoms with Gasteiger partial charge in [0.15, 0.2) is 0 Å². The Morgan fingerprint density at radius 1 is 0.523 bits per heavy atom. The van der Waals surface area contributed by atoms with Crippen LogP contribution in [0.3, 0.4) is 0 Å². The molecule has 4 aromatic rings. The molecular formula is C39H52O3Si2. The van der Waals surface area contributed by atoms with Crippen LogP contribution in [0.2, 0.25) is 10.1 Å². The Morgan fingerprint density at radius 2 is 0.818 bits per heavy atom. The molecule has 3 nitrogen and oxygen atoms in total. The molecule has 0 bridgehead atoms. The van der Waals surface area contributed by atoms with Gasteiger partial charge in [0.2, 0.25) is 0 Å². The number of hydrogen-bond acceptors (Lipinski definition) is 3. The molecule has 0 saturated heterocycles. The van der Waals surface area contributed by atoms with E-state index in [1.165, 1.54) is 20.7 Å². The fourth-order valence-electron chi connectivity index (χ4n) is 6.87. The van der Waals surface area contributed by atoms with E-state index < -0.39 is 16.6 Å². The summed E-state index contributed by atoms with van der Waals surface area (Å²) in [5.41, 5.74) is 0. The van der Waals surface area contributed by atoms with Gasteiger partial charge in [-0.05, 0) is 43.2 Å². The van der Waals surface area contributed by atoms with Crippen molar-refractivity contribution in [3.63, 3.8) is 0 Å². The van der Waals surface area contributed by atoms with E-state index in [4.69, 9.17) is 8.85 Å². The third-order valence-electron chi connectivity index (χ3n) is 8.95. The Bertz CT molecular complexity index is 1320. The molecule has 0 aliphatic rings. The summed E-state index contributed by atoms with van der Waals surface area (Å²) in [5.74, 6) is 0.256. The second-order valence-electron chi connectivity index (χ2n) is 14.3. The number of hydrogen-bond donors (Lipinski definition) is 1. The Labute approximate surface area is 268 Å². The monoisotopic (exact) mass is 624 g/mol. The molecule has 4 rings (SSSR count). The number of aliphatic hydroxyl groups is 1. The van der Waals surface area contributed by atoms with Gasteiger partial charge in [-0.15, -0.1) is 0 Å². The van der Waals surface area contributed by atoms with Crippen molar-refractivity contribution in [1.29, 1.82) is 0 Å². The minimum atomic E-state index is -2.68. The second kappa shape index (κ2) is 14.5. The largest absolute Gasteiger partial charge is 0.407 e. The fourth-order valence-corrected chi connectivity index (χ4v) is 16.2. The van der Waals surface area contributed by atoms with Gasteiger partial charge in [-0.25, -0.2) is 0 Å². The van der Waals surface area contributed by atoms with Gasteiger partial charge in [0, 0.05) is 25.7 Å². The van der Waals surface area contributed by atoms with Gasteiger partial charge >= 0.3 is 0 Å². The van der Waals surface area contributed by atoms with Gasteiger partial charge in [-0.2, -0.15) is 0 Å². The maximum atomic E-state index is 10.6. The molecule has 0 spiro atoms. The van der Waals surface area contributed by atoms with E-state index in [9.17, 15) is 5.11 Å². The minimum absolute atomic E-state index is 0.00871. The zero-order valence-corrected chi connectivity index (χ0v) is 29.8. The van der Waals surface area contributed by atoms with Gasteiger partial charge in [0.25, 0.3) is 16.6 Å². The molecule has 0 aliphatic carbocycles. The summed E-state index contributed by atoms with van der Waals surface area (Å²) in [6.45, 7) is 17.3. The zero-order chi connectivity index (χ0) is 31.8. The first kappa shape index (κ1) is 34.1. The van der Waals surface area contributed by atoms with Gasteiger partial charge < -0.3 is 14.0 Å². The number of benzene rings is 4. The van der Waals surface area contributed by atoms with E-state index in [0.29, 0.717) is 13.2 Å². The van der Waals surface area contributed by atoms with Gasteiger partial charge in [-0.3, -0.25) is 0 Å². The summed E-state index contributed by atoms with van der Waals surface area (Å²) in [4.78, 5) is 0. The zero-order valence-electron chi connectivity index (χ0n) is 27.8. The lowest BCUT2D eigenvalue weighted by Gasteiger charge is -2.44. The Hall–Kier alpha value is -2.81. The topological polar surface area (TPSA) is 38.7 Å². The highest BCUT2D eigenvalue weighted by molar-refractivity contribution is 7.00. The highest BCUT2D eigenvalue weighted by Gasteiger charge is 2.51. The molecule has 0 heterocycles. The van der Waals surface area contributed by atoms with E-state index in [2.05, 4.69) is 170 Å². The predicted molar refractivity (Wildman–Crippen MR) is 192 cm³/mol. The van der Waals surface area contributed by atoms with Crippen LogP contribution < -0.4 is 20.7 Å². The van der Waals surface area contributed by atoms with Crippen LogP contribution in [0, 0.1) is 11.8 Å². The summed E-state index contributed by atoms with van der Waals surface area (Å²) in [5, 5.41) is 15.6. The maximum Gasteiger partial charge on any atom is 0.261 e. The summed E-state index contributed by atoms with van der Waals surface area (Å²) in [6.07, 6.45) is 0.826. The summed E-state index contributed by atoms with van der Waals surface area (Å²) >= 11 is 0. The van der Waals surface area contributed by atoms with Crippen molar-refractivity contribution in [2.45, 2.75) is 65.0 Å². The first-order valence-corrected chi connectivity index (χ1v) is 19.9. The molecule has 44 heavy (non-hydrogen) atoms. The molecule has 0 fully saturated rings. The molecule has 1 N–H and O–H groups in total. The molecule has 0 amide bonds. The first-order chi connectivity index (χ1) is 21.0. The number of rotatable bonds is 13. The normalized spacial score (nSPS) is 14.3. The number of aliphatic hydroxyl groups excluding tert-OH is 1. The SMILES string of the molecule is C[C@@H](CO[Si](c1ccccc1)(c1ccccc1)C(C)(C)C)C[C@@H](CO)CO[Si](c1ccccc1)(c1ccccc1)C(C)(C)C. The Balaban J connectivity index is 1.58. The second-order valence-corrected chi connectivity index (χ2v) is 22.9. The lowest BCUT2D eigenvalue weighted by Crippen LogP contribution is -2.67. The molecular weight excluding hydrogens is 573 g/mol. The first-order valence-electron chi connectivity index (χ1n) is 16.1. The Morgan fingerprint density at radius 3 is 1.09 bits per heavy atom. The van der Waals surface area contributed by atoms with E-state index in [0.717, 1.165) is 6.42 Å². The summed E-state index contributed by atoms with van der Waals surface area (Å²) < 4.78 is 14.4. The van der Waals surface area contributed by atoms with E-state index in [-0.39, 0.29) is 28.5 Å². The van der Waals surface area contributed by atoms with Crippen LogP contribution >= 0.6 is 0 Å². The van der Waals surface area contributed by atoms with Crippen molar-refractivity contribution < 1.29 is 14.0 Å². The van der Waals surface area contributed by atoms with Crippen LogP contribution in [0.25, 0.3) is 0 Å². The molecule has 234 valence electrons. The van der Waals surface area contributed by atoms with Crippen LogP contribution in [-0.4, -0.2) is 41.6 Å². The molecule has 0 unspecified atom stereocenters. The van der Waals surface area contributed by atoms with Crippen LogP contribution in [0.1, 0.15) is 54.9 Å². The highest BCUT2D eigenvalue weighted by Crippen LogP contribution is 2.39. The molecule has 5 heteroatoms. The molecule has 2 atom stereocenters. The van der Waals surface area contributed by atoms with Gasteiger partial charge in [-0.1, -0.05) is 170 Å². The van der Waals surface area contributed by atoms with Crippen molar-refractivity contribution >= 4 is 37.4 Å². The van der Waals surface area contributed by atoms with E-state index in [1.807, 2.05) is 0 Å². The third kappa shape index (κ3) is 7.19. The molecule has 0 aromatic heterocycles. The van der Waals surface area contributed by atoms with Crippen LogP contribution in [0.4, 0.5) is 0 Å². The van der Waals surface area contributed by atoms with Crippen molar-refractivity contribution in [3.8, 4) is 0 Å². The van der Waals surface area contributed by atoms with Crippen LogP contribution in [0.15, 0.2) is 121 Å². The van der Waals surface area contributed by atoms with E-state index in [1.54, 1.807) is 0 Å². The van der Waals surface area contributed by atoms with Crippen LogP contribution in [0.5, 0.6) is 0 Å². The summed E-state index contributed by atoms with van der Waals surface area (Å²) in [6, 6.07) is 43.1.